The van der Waals surface area contributed by atoms with Crippen LogP contribution in [0.5, 0.6) is 0 Å². The molecule has 0 fully saturated rings. The lowest BCUT2D eigenvalue weighted by Crippen LogP contribution is -2.42. The molecule has 0 bridgehead atoms. The normalized spacial score (nSPS) is 15.8. The van der Waals surface area contributed by atoms with Gasteiger partial charge in [-0.1, -0.05) is 37.3 Å². The van der Waals surface area contributed by atoms with E-state index < -0.39 is 0 Å². The number of amides is 1. The second-order valence-electron chi connectivity index (χ2n) is 4.66. The number of carbonyl (C=O) groups excluding carboxylic acids is 1. The molecule has 0 aliphatic rings. The molecule has 0 spiro atoms. The van der Waals surface area contributed by atoms with Crippen LogP contribution in [0, 0.1) is 5.92 Å². The van der Waals surface area contributed by atoms with Crippen LogP contribution in [-0.2, 0) is 4.79 Å². The molecular formula is C14H22N2O2. The first-order valence-corrected chi connectivity index (χ1v) is 6.26. The molecule has 1 rings (SSSR count). The molecule has 1 aromatic carbocycles. The number of carbonyl (C=O) groups is 1. The summed E-state index contributed by atoms with van der Waals surface area (Å²) in [4.78, 5) is 12.1. The Bertz CT molecular complexity index is 367. The van der Waals surface area contributed by atoms with Gasteiger partial charge in [0.15, 0.2) is 0 Å². The van der Waals surface area contributed by atoms with Crippen molar-refractivity contribution in [1.82, 2.24) is 5.32 Å². The topological polar surface area (TPSA) is 75.3 Å². The van der Waals surface area contributed by atoms with E-state index in [9.17, 15) is 4.79 Å². The van der Waals surface area contributed by atoms with E-state index in [0.29, 0.717) is 0 Å². The Hall–Kier alpha value is -1.39. The highest BCUT2D eigenvalue weighted by atomic mass is 16.3. The molecule has 0 aliphatic heterocycles. The van der Waals surface area contributed by atoms with Crippen LogP contribution in [0.25, 0.3) is 0 Å². The Labute approximate surface area is 108 Å². The average molecular weight is 250 g/mol. The summed E-state index contributed by atoms with van der Waals surface area (Å²) in [5, 5.41) is 12.0. The van der Waals surface area contributed by atoms with Gasteiger partial charge in [-0.3, -0.25) is 4.79 Å². The van der Waals surface area contributed by atoms with Gasteiger partial charge in [0.1, 0.15) is 0 Å². The summed E-state index contributed by atoms with van der Waals surface area (Å²) in [6.07, 6.45) is 0. The Kier molecular flexibility index (Phi) is 5.82. The van der Waals surface area contributed by atoms with Gasteiger partial charge in [-0.05, 0) is 18.4 Å². The Morgan fingerprint density at radius 3 is 2.44 bits per heavy atom. The van der Waals surface area contributed by atoms with Gasteiger partial charge in [0.05, 0.1) is 5.92 Å². The maximum absolute atomic E-state index is 12.1. The summed E-state index contributed by atoms with van der Waals surface area (Å²) >= 11 is 0. The predicted octanol–water partition coefficient (Wildman–Crippen LogP) is 0.862. The molecule has 4 heteroatoms. The van der Waals surface area contributed by atoms with Crippen molar-refractivity contribution >= 4 is 5.91 Å². The lowest BCUT2D eigenvalue weighted by Gasteiger charge is -2.22. The Balaban J connectivity index is 2.69. The summed E-state index contributed by atoms with van der Waals surface area (Å²) in [6, 6.07) is 9.43. The van der Waals surface area contributed by atoms with Crippen LogP contribution in [-0.4, -0.2) is 30.2 Å². The van der Waals surface area contributed by atoms with E-state index >= 15 is 0 Å². The highest BCUT2D eigenvalue weighted by Gasteiger charge is 2.22. The van der Waals surface area contributed by atoms with Gasteiger partial charge in [0.25, 0.3) is 0 Å². The minimum atomic E-state index is -0.334. The van der Waals surface area contributed by atoms with Crippen LogP contribution >= 0.6 is 0 Å². The first-order chi connectivity index (χ1) is 8.60. The van der Waals surface area contributed by atoms with Crippen molar-refractivity contribution in [2.75, 3.05) is 13.2 Å². The fourth-order valence-electron chi connectivity index (χ4n) is 1.71. The number of hydrogen-bond donors (Lipinski definition) is 3. The summed E-state index contributed by atoms with van der Waals surface area (Å²) in [6.45, 7) is 4.11. The van der Waals surface area contributed by atoms with Gasteiger partial charge in [-0.25, -0.2) is 0 Å². The van der Waals surface area contributed by atoms with Crippen molar-refractivity contribution in [1.29, 1.82) is 0 Å². The molecule has 3 atom stereocenters. The third kappa shape index (κ3) is 3.82. The molecule has 1 aromatic rings. The summed E-state index contributed by atoms with van der Waals surface area (Å²) in [5.41, 5.74) is 6.60. The van der Waals surface area contributed by atoms with Gasteiger partial charge >= 0.3 is 0 Å². The number of hydrogen-bond acceptors (Lipinski definition) is 3. The fraction of sp³-hybridized carbons (Fsp3) is 0.500. The zero-order valence-electron chi connectivity index (χ0n) is 11.0. The Morgan fingerprint density at radius 1 is 1.33 bits per heavy atom. The minimum Gasteiger partial charge on any atom is -0.396 e. The maximum Gasteiger partial charge on any atom is 0.229 e. The second kappa shape index (κ2) is 7.13. The molecule has 0 saturated heterocycles. The van der Waals surface area contributed by atoms with Crippen molar-refractivity contribution in [3.05, 3.63) is 35.9 Å². The third-order valence-electron chi connectivity index (χ3n) is 3.27. The van der Waals surface area contributed by atoms with Crippen molar-refractivity contribution in [3.8, 4) is 0 Å². The van der Waals surface area contributed by atoms with Gasteiger partial charge in [0, 0.05) is 19.2 Å². The number of nitrogens with one attached hydrogen (secondary N) is 1. The summed E-state index contributed by atoms with van der Waals surface area (Å²) < 4.78 is 0. The lowest BCUT2D eigenvalue weighted by atomic mass is 9.97. The second-order valence-corrected chi connectivity index (χ2v) is 4.66. The quantitative estimate of drug-likeness (QED) is 0.701. The molecule has 4 N–H and O–H groups in total. The van der Waals surface area contributed by atoms with Crippen molar-refractivity contribution in [2.45, 2.75) is 25.8 Å². The molecule has 0 aromatic heterocycles. The van der Waals surface area contributed by atoms with Crippen molar-refractivity contribution < 1.29 is 9.90 Å². The van der Waals surface area contributed by atoms with E-state index in [-0.39, 0.29) is 36.9 Å². The predicted molar refractivity (Wildman–Crippen MR) is 72.1 cm³/mol. The molecule has 0 saturated carbocycles. The molecule has 0 aliphatic carbocycles. The van der Waals surface area contributed by atoms with E-state index in [1.54, 1.807) is 0 Å². The molecule has 100 valence electrons. The van der Waals surface area contributed by atoms with E-state index in [1.807, 2.05) is 44.2 Å². The monoisotopic (exact) mass is 250 g/mol. The van der Waals surface area contributed by atoms with Crippen LogP contribution in [0.2, 0.25) is 0 Å². The lowest BCUT2D eigenvalue weighted by molar-refractivity contribution is -0.123. The highest BCUT2D eigenvalue weighted by Crippen LogP contribution is 2.15. The van der Waals surface area contributed by atoms with E-state index in [2.05, 4.69) is 5.32 Å². The maximum atomic E-state index is 12.1. The highest BCUT2D eigenvalue weighted by molar-refractivity contribution is 5.84. The van der Waals surface area contributed by atoms with E-state index in [4.69, 9.17) is 10.8 Å². The van der Waals surface area contributed by atoms with Gasteiger partial charge in [-0.2, -0.15) is 0 Å². The number of nitrogens with two attached hydrogens (primary N) is 1. The molecule has 0 radical (unpaired) electrons. The average Bonchev–Trinajstić information content (AvgIpc) is 2.39. The van der Waals surface area contributed by atoms with Crippen LogP contribution < -0.4 is 11.1 Å². The zero-order chi connectivity index (χ0) is 13.5. The first kappa shape index (κ1) is 14.7. The minimum absolute atomic E-state index is 0.0307. The standard InChI is InChI=1S/C14H22N2O2/c1-10(9-17)11(2)16-14(18)13(8-15)12-6-4-3-5-7-12/h3-7,10-11,13,17H,8-9,15H2,1-2H3,(H,16,18). The molecule has 4 nitrogen and oxygen atoms in total. The van der Waals surface area contributed by atoms with Gasteiger partial charge in [0.2, 0.25) is 5.91 Å². The number of aliphatic hydroxyl groups excluding tert-OH is 1. The van der Waals surface area contributed by atoms with Crippen molar-refractivity contribution in [3.63, 3.8) is 0 Å². The molecule has 1 amide bonds. The van der Waals surface area contributed by atoms with Gasteiger partial charge in [-0.15, -0.1) is 0 Å². The first-order valence-electron chi connectivity index (χ1n) is 6.26. The molecule has 18 heavy (non-hydrogen) atoms. The number of aliphatic hydroxyl groups is 1. The summed E-state index contributed by atoms with van der Waals surface area (Å²) in [7, 11) is 0. The molecule has 0 heterocycles. The molecular weight excluding hydrogens is 228 g/mol. The fourth-order valence-corrected chi connectivity index (χ4v) is 1.71. The number of rotatable bonds is 6. The SMILES string of the molecule is CC(CO)C(C)NC(=O)C(CN)c1ccccc1. The largest absolute Gasteiger partial charge is 0.396 e. The molecule has 3 unspecified atom stereocenters. The van der Waals surface area contributed by atoms with Crippen LogP contribution in [0.4, 0.5) is 0 Å². The van der Waals surface area contributed by atoms with Crippen LogP contribution in [0.3, 0.4) is 0 Å². The smallest absolute Gasteiger partial charge is 0.229 e. The Morgan fingerprint density at radius 2 is 1.94 bits per heavy atom. The van der Waals surface area contributed by atoms with E-state index in [0.717, 1.165) is 5.56 Å². The third-order valence-corrected chi connectivity index (χ3v) is 3.27. The number of benzene rings is 1. The van der Waals surface area contributed by atoms with Crippen LogP contribution in [0.1, 0.15) is 25.3 Å². The zero-order valence-corrected chi connectivity index (χ0v) is 11.0. The summed E-state index contributed by atoms with van der Waals surface area (Å²) in [5.74, 6) is -0.390. The van der Waals surface area contributed by atoms with Gasteiger partial charge < -0.3 is 16.2 Å². The van der Waals surface area contributed by atoms with Crippen molar-refractivity contribution in [2.24, 2.45) is 11.7 Å². The van der Waals surface area contributed by atoms with E-state index in [1.165, 1.54) is 0 Å². The van der Waals surface area contributed by atoms with Crippen LogP contribution in [0.15, 0.2) is 30.3 Å².